The molecule has 0 radical (unpaired) electrons. The first-order valence-corrected chi connectivity index (χ1v) is 7.05. The second-order valence-corrected chi connectivity index (χ2v) is 5.25. The van der Waals surface area contributed by atoms with Crippen LogP contribution >= 0.6 is 0 Å². The zero-order chi connectivity index (χ0) is 15.0. The molecule has 0 fully saturated rings. The maximum atomic E-state index is 11.8. The van der Waals surface area contributed by atoms with E-state index in [0.29, 0.717) is 18.8 Å². The molecule has 1 amide bonds. The molecular weight excluding hydrogens is 254 g/mol. The molecule has 1 rings (SSSR count). The second-order valence-electron chi connectivity index (χ2n) is 5.25. The molecule has 1 aromatic carbocycles. The van der Waals surface area contributed by atoms with Gasteiger partial charge in [0.25, 0.3) is 0 Å². The predicted octanol–water partition coefficient (Wildman–Crippen LogP) is 2.94. The number of hydrogen-bond acceptors (Lipinski definition) is 2. The van der Waals surface area contributed by atoms with Crippen molar-refractivity contribution in [2.75, 3.05) is 0 Å². The Hall–Kier alpha value is -1.84. The van der Waals surface area contributed by atoms with E-state index in [4.69, 9.17) is 5.11 Å². The lowest BCUT2D eigenvalue weighted by atomic mass is 9.96. The van der Waals surface area contributed by atoms with Crippen LogP contribution in [0.4, 0.5) is 0 Å². The van der Waals surface area contributed by atoms with Crippen molar-refractivity contribution < 1.29 is 14.7 Å². The number of carboxylic acids is 1. The highest BCUT2D eigenvalue weighted by atomic mass is 16.4. The molecule has 2 N–H and O–H groups in total. The average Bonchev–Trinajstić information content (AvgIpc) is 2.43. The Balaban J connectivity index is 2.27. The fraction of sp³-hybridized carbons (Fsp3) is 0.500. The topological polar surface area (TPSA) is 66.4 Å². The summed E-state index contributed by atoms with van der Waals surface area (Å²) >= 11 is 0. The molecule has 0 saturated heterocycles. The van der Waals surface area contributed by atoms with Gasteiger partial charge in [0.1, 0.15) is 0 Å². The van der Waals surface area contributed by atoms with Crippen LogP contribution in [0, 0.1) is 0 Å². The summed E-state index contributed by atoms with van der Waals surface area (Å²) in [6.07, 6.45) is 1.81. The lowest BCUT2D eigenvalue weighted by Gasteiger charge is -2.15. The summed E-state index contributed by atoms with van der Waals surface area (Å²) < 4.78 is 0. The van der Waals surface area contributed by atoms with Crippen LogP contribution in [0.15, 0.2) is 30.3 Å². The Kier molecular flexibility index (Phi) is 6.77. The number of amides is 1. The number of carbonyl (C=O) groups excluding carboxylic acids is 1. The van der Waals surface area contributed by atoms with E-state index in [2.05, 4.69) is 24.4 Å². The van der Waals surface area contributed by atoms with Crippen LogP contribution < -0.4 is 5.32 Å². The summed E-state index contributed by atoms with van der Waals surface area (Å²) in [7, 11) is 0. The third-order valence-electron chi connectivity index (χ3n) is 3.37. The lowest BCUT2D eigenvalue weighted by molar-refractivity contribution is -0.137. The van der Waals surface area contributed by atoms with Crippen molar-refractivity contribution >= 4 is 11.9 Å². The van der Waals surface area contributed by atoms with Gasteiger partial charge in [-0.25, -0.2) is 0 Å². The van der Waals surface area contributed by atoms with Crippen molar-refractivity contribution in [3.8, 4) is 0 Å². The largest absolute Gasteiger partial charge is 0.481 e. The van der Waals surface area contributed by atoms with Crippen LogP contribution in [-0.2, 0) is 9.59 Å². The van der Waals surface area contributed by atoms with Gasteiger partial charge in [0.15, 0.2) is 0 Å². The standard InChI is InChI=1S/C16H23NO3/c1-12(14-6-4-3-5-7-14)8-10-15(18)17-13(2)9-11-16(19)20/h3-7,12-13H,8-11H2,1-2H3,(H,17,18)(H,19,20). The molecule has 0 aliphatic carbocycles. The molecule has 1 aromatic rings. The summed E-state index contributed by atoms with van der Waals surface area (Å²) in [4.78, 5) is 22.2. The maximum Gasteiger partial charge on any atom is 0.303 e. The Morgan fingerprint density at radius 1 is 1.10 bits per heavy atom. The van der Waals surface area contributed by atoms with Crippen molar-refractivity contribution in [2.24, 2.45) is 0 Å². The maximum absolute atomic E-state index is 11.8. The van der Waals surface area contributed by atoms with E-state index in [1.807, 2.05) is 25.1 Å². The van der Waals surface area contributed by atoms with Gasteiger partial charge in [-0.3, -0.25) is 9.59 Å². The SMILES string of the molecule is CC(CCC(=O)O)NC(=O)CCC(C)c1ccccc1. The highest BCUT2D eigenvalue weighted by molar-refractivity contribution is 5.76. The van der Waals surface area contributed by atoms with Gasteiger partial charge in [0.05, 0.1) is 0 Å². The fourth-order valence-electron chi connectivity index (χ4n) is 2.05. The Bertz CT molecular complexity index is 431. The first kappa shape index (κ1) is 16.2. The zero-order valence-corrected chi connectivity index (χ0v) is 12.1. The van der Waals surface area contributed by atoms with Gasteiger partial charge in [-0.2, -0.15) is 0 Å². The van der Waals surface area contributed by atoms with Gasteiger partial charge in [-0.1, -0.05) is 37.3 Å². The highest BCUT2D eigenvalue weighted by Gasteiger charge is 2.11. The van der Waals surface area contributed by atoms with Gasteiger partial charge in [0, 0.05) is 18.9 Å². The Labute approximate surface area is 120 Å². The highest BCUT2D eigenvalue weighted by Crippen LogP contribution is 2.19. The molecule has 0 spiro atoms. The minimum Gasteiger partial charge on any atom is -0.481 e. The summed E-state index contributed by atoms with van der Waals surface area (Å²) in [5, 5.41) is 11.4. The van der Waals surface area contributed by atoms with Gasteiger partial charge >= 0.3 is 5.97 Å². The van der Waals surface area contributed by atoms with Gasteiger partial charge < -0.3 is 10.4 Å². The molecule has 20 heavy (non-hydrogen) atoms. The van der Waals surface area contributed by atoms with Crippen molar-refractivity contribution in [1.82, 2.24) is 5.32 Å². The van der Waals surface area contributed by atoms with Gasteiger partial charge in [-0.05, 0) is 31.2 Å². The lowest BCUT2D eigenvalue weighted by Crippen LogP contribution is -2.32. The molecule has 0 aromatic heterocycles. The third-order valence-corrected chi connectivity index (χ3v) is 3.37. The number of hydrogen-bond donors (Lipinski definition) is 2. The number of rotatable bonds is 8. The normalized spacial score (nSPS) is 13.5. The molecular formula is C16H23NO3. The van der Waals surface area contributed by atoms with E-state index in [9.17, 15) is 9.59 Å². The van der Waals surface area contributed by atoms with Crippen LogP contribution in [0.3, 0.4) is 0 Å². The number of carbonyl (C=O) groups is 2. The number of nitrogens with one attached hydrogen (secondary N) is 1. The molecule has 4 heteroatoms. The van der Waals surface area contributed by atoms with Crippen LogP contribution in [0.25, 0.3) is 0 Å². The second kappa shape index (κ2) is 8.35. The molecule has 110 valence electrons. The van der Waals surface area contributed by atoms with Crippen LogP contribution in [0.5, 0.6) is 0 Å². The summed E-state index contributed by atoms with van der Waals surface area (Å²) in [6, 6.07) is 10.0. The Morgan fingerprint density at radius 2 is 1.75 bits per heavy atom. The monoisotopic (exact) mass is 277 g/mol. The van der Waals surface area contributed by atoms with Crippen molar-refractivity contribution in [1.29, 1.82) is 0 Å². The van der Waals surface area contributed by atoms with E-state index >= 15 is 0 Å². The quantitative estimate of drug-likeness (QED) is 0.767. The first-order valence-electron chi connectivity index (χ1n) is 7.05. The van der Waals surface area contributed by atoms with Crippen LogP contribution in [-0.4, -0.2) is 23.0 Å². The molecule has 0 saturated carbocycles. The summed E-state index contributed by atoms with van der Waals surface area (Å²) in [5.74, 6) is -0.495. The molecule has 0 heterocycles. The fourth-order valence-corrected chi connectivity index (χ4v) is 2.05. The van der Waals surface area contributed by atoms with Gasteiger partial charge in [-0.15, -0.1) is 0 Å². The third kappa shape index (κ3) is 6.36. The number of benzene rings is 1. The van der Waals surface area contributed by atoms with E-state index in [0.717, 1.165) is 6.42 Å². The van der Waals surface area contributed by atoms with E-state index in [1.165, 1.54) is 5.56 Å². The van der Waals surface area contributed by atoms with Gasteiger partial charge in [0.2, 0.25) is 5.91 Å². The summed E-state index contributed by atoms with van der Waals surface area (Å²) in [5.41, 5.74) is 1.24. The van der Waals surface area contributed by atoms with Crippen molar-refractivity contribution in [2.45, 2.75) is 51.5 Å². The molecule has 2 unspecified atom stereocenters. The smallest absolute Gasteiger partial charge is 0.303 e. The summed E-state index contributed by atoms with van der Waals surface area (Å²) in [6.45, 7) is 3.94. The Morgan fingerprint density at radius 3 is 2.35 bits per heavy atom. The minimum absolute atomic E-state index is 0.00864. The zero-order valence-electron chi connectivity index (χ0n) is 12.1. The van der Waals surface area contributed by atoms with Crippen LogP contribution in [0.1, 0.15) is 51.0 Å². The molecule has 2 atom stereocenters. The number of carboxylic acid groups (broad SMARTS) is 1. The first-order chi connectivity index (χ1) is 9.49. The van der Waals surface area contributed by atoms with E-state index in [1.54, 1.807) is 0 Å². The van der Waals surface area contributed by atoms with Crippen molar-refractivity contribution in [3.63, 3.8) is 0 Å². The van der Waals surface area contributed by atoms with Crippen LogP contribution in [0.2, 0.25) is 0 Å². The molecule has 4 nitrogen and oxygen atoms in total. The van der Waals surface area contributed by atoms with E-state index in [-0.39, 0.29) is 18.4 Å². The molecule has 0 aliphatic heterocycles. The van der Waals surface area contributed by atoms with E-state index < -0.39 is 5.97 Å². The average molecular weight is 277 g/mol. The minimum atomic E-state index is -0.830. The molecule has 0 aliphatic rings. The number of aliphatic carboxylic acids is 1. The molecule has 0 bridgehead atoms. The predicted molar refractivity (Wildman–Crippen MR) is 78.6 cm³/mol. The van der Waals surface area contributed by atoms with Crippen molar-refractivity contribution in [3.05, 3.63) is 35.9 Å².